The van der Waals surface area contributed by atoms with E-state index in [1.165, 1.54) is 6.42 Å². The molecule has 1 aromatic carbocycles. The fourth-order valence-corrected chi connectivity index (χ4v) is 1.99. The van der Waals surface area contributed by atoms with Gasteiger partial charge in [0.2, 0.25) is 0 Å². The number of nitriles is 1. The molecular formula is C17H27N3O. The van der Waals surface area contributed by atoms with Crippen LogP contribution < -0.4 is 10.1 Å². The third kappa shape index (κ3) is 7.12. The summed E-state index contributed by atoms with van der Waals surface area (Å²) in [5, 5.41) is 12.0. The predicted octanol–water partition coefficient (Wildman–Crippen LogP) is 2.80. The van der Waals surface area contributed by atoms with Crippen LogP contribution in [0.5, 0.6) is 5.75 Å². The fraction of sp³-hybridized carbons (Fsp3) is 0.588. The number of nitrogens with one attached hydrogen (secondary N) is 1. The largest absolute Gasteiger partial charge is 0.478 e. The Kier molecular flexibility index (Phi) is 8.49. The van der Waals surface area contributed by atoms with Crippen LogP contribution in [0.2, 0.25) is 0 Å². The van der Waals surface area contributed by atoms with Crippen LogP contribution in [0.15, 0.2) is 24.3 Å². The maximum absolute atomic E-state index is 8.58. The van der Waals surface area contributed by atoms with E-state index >= 15 is 0 Å². The van der Waals surface area contributed by atoms with Gasteiger partial charge in [-0.25, -0.2) is 0 Å². The van der Waals surface area contributed by atoms with Crippen molar-refractivity contribution in [3.05, 3.63) is 29.8 Å². The molecule has 1 N–H and O–H groups in total. The second-order valence-electron chi connectivity index (χ2n) is 5.51. The first kappa shape index (κ1) is 17.5. The quantitative estimate of drug-likeness (QED) is 0.673. The average Bonchev–Trinajstić information content (AvgIpc) is 2.49. The fourth-order valence-electron chi connectivity index (χ4n) is 1.99. The summed E-state index contributed by atoms with van der Waals surface area (Å²) in [7, 11) is 2.17. The molecule has 0 unspecified atom stereocenters. The highest BCUT2D eigenvalue weighted by Gasteiger charge is 2.03. The van der Waals surface area contributed by atoms with Gasteiger partial charge >= 0.3 is 0 Å². The molecule has 116 valence electrons. The molecule has 4 heteroatoms. The Morgan fingerprint density at radius 1 is 1.29 bits per heavy atom. The van der Waals surface area contributed by atoms with Gasteiger partial charge in [-0.1, -0.05) is 18.2 Å². The Labute approximate surface area is 128 Å². The summed E-state index contributed by atoms with van der Waals surface area (Å²) >= 11 is 0. The summed E-state index contributed by atoms with van der Waals surface area (Å²) in [5.74, 6) is 0.797. The molecule has 0 aromatic heterocycles. The molecule has 0 spiro atoms. The number of unbranched alkanes of at least 4 members (excludes halogenated alkanes) is 1. The lowest BCUT2D eigenvalue weighted by atomic mass is 10.2. The molecule has 0 saturated heterocycles. The maximum atomic E-state index is 8.58. The molecule has 0 aliphatic rings. The van der Waals surface area contributed by atoms with Crippen molar-refractivity contribution in [1.29, 1.82) is 5.26 Å². The highest BCUT2D eigenvalue weighted by atomic mass is 16.5. The molecule has 0 radical (unpaired) electrons. The van der Waals surface area contributed by atoms with Crippen LogP contribution in [-0.2, 0) is 6.54 Å². The van der Waals surface area contributed by atoms with Crippen LogP contribution in [0.3, 0.4) is 0 Å². The Hall–Kier alpha value is -1.57. The first-order valence-electron chi connectivity index (χ1n) is 7.63. The number of benzene rings is 1. The van der Waals surface area contributed by atoms with Gasteiger partial charge in [-0.2, -0.15) is 5.26 Å². The topological polar surface area (TPSA) is 48.3 Å². The van der Waals surface area contributed by atoms with E-state index in [0.29, 0.717) is 6.04 Å². The monoisotopic (exact) mass is 289 g/mol. The normalized spacial score (nSPS) is 10.9. The second kappa shape index (κ2) is 10.2. The lowest BCUT2D eigenvalue weighted by Crippen LogP contribution is -2.27. The Morgan fingerprint density at radius 3 is 2.76 bits per heavy atom. The molecular weight excluding hydrogens is 262 g/mol. The molecule has 0 saturated carbocycles. The molecule has 0 amide bonds. The van der Waals surface area contributed by atoms with Crippen LogP contribution in [0.25, 0.3) is 0 Å². The number of rotatable bonds is 10. The van der Waals surface area contributed by atoms with Crippen molar-refractivity contribution in [1.82, 2.24) is 10.2 Å². The minimum Gasteiger partial charge on any atom is -0.478 e. The Balaban J connectivity index is 2.22. The van der Waals surface area contributed by atoms with Gasteiger partial charge in [-0.05, 0) is 52.9 Å². The van der Waals surface area contributed by atoms with E-state index in [9.17, 15) is 0 Å². The van der Waals surface area contributed by atoms with Crippen molar-refractivity contribution in [3.63, 3.8) is 0 Å². The number of hydrogen-bond acceptors (Lipinski definition) is 4. The van der Waals surface area contributed by atoms with E-state index in [2.05, 4.69) is 31.1 Å². The third-order valence-electron chi connectivity index (χ3n) is 3.58. The summed E-state index contributed by atoms with van der Waals surface area (Å²) in [6.07, 6.45) is 2.37. The average molecular weight is 289 g/mol. The van der Waals surface area contributed by atoms with Crippen LogP contribution in [0.4, 0.5) is 0 Å². The van der Waals surface area contributed by atoms with Gasteiger partial charge in [0.25, 0.3) is 0 Å². The first-order valence-corrected chi connectivity index (χ1v) is 7.63. The van der Waals surface area contributed by atoms with Gasteiger partial charge in [-0.3, -0.25) is 0 Å². The Morgan fingerprint density at radius 2 is 2.05 bits per heavy atom. The molecule has 1 aromatic rings. The van der Waals surface area contributed by atoms with Gasteiger partial charge in [0.15, 0.2) is 6.61 Å². The molecule has 0 atom stereocenters. The Bertz CT molecular complexity index is 440. The number of para-hydroxylation sites is 1. The highest BCUT2D eigenvalue weighted by Crippen LogP contribution is 2.17. The molecule has 0 bridgehead atoms. The molecule has 0 aliphatic heterocycles. The second-order valence-corrected chi connectivity index (χ2v) is 5.51. The summed E-state index contributed by atoms with van der Waals surface area (Å²) in [5.41, 5.74) is 1.10. The minimum absolute atomic E-state index is 0.0958. The molecule has 0 aliphatic carbocycles. The van der Waals surface area contributed by atoms with Gasteiger partial charge in [0, 0.05) is 18.2 Å². The van der Waals surface area contributed by atoms with Crippen molar-refractivity contribution < 1.29 is 4.74 Å². The van der Waals surface area contributed by atoms with Gasteiger partial charge in [0.1, 0.15) is 11.8 Å². The number of nitrogens with zero attached hydrogens (tertiary/aromatic N) is 2. The summed E-state index contributed by atoms with van der Waals surface area (Å²) in [6.45, 7) is 7.45. The molecule has 21 heavy (non-hydrogen) atoms. The van der Waals surface area contributed by atoms with Gasteiger partial charge in [0.05, 0.1) is 0 Å². The molecule has 1 rings (SSSR count). The zero-order valence-electron chi connectivity index (χ0n) is 13.4. The molecule has 0 heterocycles. The first-order chi connectivity index (χ1) is 10.1. The van der Waals surface area contributed by atoms with E-state index in [1.54, 1.807) is 0 Å². The number of hydrogen-bond donors (Lipinski definition) is 1. The standard InChI is InChI=1S/C17H27N3O/c1-15(2)20(3)12-7-6-11-19-14-16-8-4-5-9-17(16)21-13-10-18/h4-5,8-9,15,19H,6-7,11-14H2,1-3H3. The van der Waals surface area contributed by atoms with Crippen LogP contribution in [0, 0.1) is 11.3 Å². The summed E-state index contributed by atoms with van der Waals surface area (Å²) in [4.78, 5) is 2.37. The predicted molar refractivity (Wildman–Crippen MR) is 86.3 cm³/mol. The highest BCUT2D eigenvalue weighted by molar-refractivity contribution is 5.33. The van der Waals surface area contributed by atoms with Crippen LogP contribution in [-0.4, -0.2) is 37.7 Å². The van der Waals surface area contributed by atoms with E-state index in [0.717, 1.165) is 37.4 Å². The van der Waals surface area contributed by atoms with Crippen molar-refractivity contribution in [2.24, 2.45) is 0 Å². The smallest absolute Gasteiger partial charge is 0.174 e. The van der Waals surface area contributed by atoms with Crippen molar-refractivity contribution in [2.45, 2.75) is 39.3 Å². The molecule has 4 nitrogen and oxygen atoms in total. The van der Waals surface area contributed by atoms with Gasteiger partial charge in [-0.15, -0.1) is 0 Å². The minimum atomic E-state index is 0.0958. The molecule has 0 fully saturated rings. The van der Waals surface area contributed by atoms with Crippen LogP contribution in [0.1, 0.15) is 32.3 Å². The summed E-state index contributed by atoms with van der Waals surface area (Å²) in [6, 6.07) is 10.5. The maximum Gasteiger partial charge on any atom is 0.174 e. The van der Waals surface area contributed by atoms with Crippen LogP contribution >= 0.6 is 0 Å². The lowest BCUT2D eigenvalue weighted by molar-refractivity contribution is 0.268. The summed E-state index contributed by atoms with van der Waals surface area (Å²) < 4.78 is 5.41. The van der Waals surface area contributed by atoms with Crippen molar-refractivity contribution in [3.8, 4) is 11.8 Å². The van der Waals surface area contributed by atoms with E-state index in [4.69, 9.17) is 10.00 Å². The zero-order chi connectivity index (χ0) is 15.5. The van der Waals surface area contributed by atoms with Gasteiger partial charge < -0.3 is 15.0 Å². The van der Waals surface area contributed by atoms with E-state index in [1.807, 2.05) is 30.3 Å². The van der Waals surface area contributed by atoms with Crippen molar-refractivity contribution in [2.75, 3.05) is 26.7 Å². The SMILES string of the molecule is CC(C)N(C)CCCCNCc1ccccc1OCC#N. The van der Waals surface area contributed by atoms with Crippen molar-refractivity contribution >= 4 is 0 Å². The number of ether oxygens (including phenoxy) is 1. The zero-order valence-corrected chi connectivity index (χ0v) is 13.4. The third-order valence-corrected chi connectivity index (χ3v) is 3.58. The lowest BCUT2D eigenvalue weighted by Gasteiger charge is -2.20. The van der Waals surface area contributed by atoms with E-state index < -0.39 is 0 Å². The van der Waals surface area contributed by atoms with E-state index in [-0.39, 0.29) is 6.61 Å².